The Hall–Kier alpha value is -5.94. The number of aromatic nitrogens is 6. The predicted octanol–water partition coefficient (Wildman–Crippen LogP) is 2.11. The van der Waals surface area contributed by atoms with Crippen molar-refractivity contribution in [2.24, 2.45) is 0 Å². The molecule has 0 unspecified atom stereocenters. The molecule has 48 heavy (non-hydrogen) atoms. The zero-order valence-corrected chi connectivity index (χ0v) is 26.8. The van der Waals surface area contributed by atoms with Gasteiger partial charge in [-0.1, -0.05) is 40.0 Å². The molecule has 0 spiro atoms. The van der Waals surface area contributed by atoms with Crippen molar-refractivity contribution < 1.29 is 44.1 Å². The Kier molecular flexibility index (Phi) is 18.8. The minimum absolute atomic E-state index is 0.142. The van der Waals surface area contributed by atoms with Gasteiger partial charge >= 0.3 is 17.9 Å². The Morgan fingerprint density at radius 1 is 0.438 bits per heavy atom. The van der Waals surface area contributed by atoms with Gasteiger partial charge in [-0.2, -0.15) is 0 Å². The molecule has 3 aromatic heterocycles. The van der Waals surface area contributed by atoms with Crippen molar-refractivity contribution in [3.05, 3.63) is 71.3 Å². The first-order valence-electron chi connectivity index (χ1n) is 15.0. The van der Waals surface area contributed by atoms with Crippen LogP contribution in [-0.2, 0) is 0 Å². The van der Waals surface area contributed by atoms with Crippen molar-refractivity contribution in [2.75, 3.05) is 19.6 Å². The van der Waals surface area contributed by atoms with Gasteiger partial charge in [0.25, 0.3) is 17.7 Å². The molecule has 3 rings (SSSR count). The first kappa shape index (κ1) is 40.1. The molecule has 0 saturated carbocycles. The van der Waals surface area contributed by atoms with Gasteiger partial charge in [-0.25, -0.2) is 44.3 Å². The van der Waals surface area contributed by atoms with E-state index in [1.54, 1.807) is 0 Å². The maximum absolute atomic E-state index is 11.7. The van der Waals surface area contributed by atoms with Crippen LogP contribution in [0.5, 0.6) is 0 Å². The third kappa shape index (κ3) is 14.0. The monoisotopic (exact) mass is 669 g/mol. The van der Waals surface area contributed by atoms with E-state index in [1.165, 1.54) is 37.2 Å². The van der Waals surface area contributed by atoms with Crippen molar-refractivity contribution in [1.29, 1.82) is 0 Å². The van der Waals surface area contributed by atoms with Crippen LogP contribution in [0.15, 0.2) is 37.2 Å². The van der Waals surface area contributed by atoms with Crippen LogP contribution in [-0.4, -0.2) is 100 Å². The molecule has 18 nitrogen and oxygen atoms in total. The van der Waals surface area contributed by atoms with E-state index in [4.69, 9.17) is 15.3 Å². The van der Waals surface area contributed by atoms with Gasteiger partial charge in [0.05, 0.1) is 0 Å². The number of hydrogen-bond acceptors (Lipinski definition) is 12. The second-order valence-corrected chi connectivity index (χ2v) is 9.50. The molecule has 18 heteroatoms. The molecule has 0 saturated heterocycles. The molecule has 0 bridgehead atoms. The number of nitrogens with zero attached hydrogens (tertiary/aromatic N) is 6. The van der Waals surface area contributed by atoms with E-state index in [2.05, 4.69) is 52.8 Å². The zero-order chi connectivity index (χ0) is 35.9. The van der Waals surface area contributed by atoms with Crippen molar-refractivity contribution in [3.63, 3.8) is 0 Å². The molecule has 0 atom stereocenters. The lowest BCUT2D eigenvalue weighted by Gasteiger charge is -2.05. The number of rotatable bonds is 15. The normalized spacial score (nSPS) is 9.81. The third-order valence-electron chi connectivity index (χ3n) is 5.77. The molecule has 0 radical (unpaired) electrons. The van der Waals surface area contributed by atoms with Crippen LogP contribution in [0.4, 0.5) is 0 Å². The number of unbranched alkanes of at least 4 members (excludes halogenated alkanes) is 3. The maximum atomic E-state index is 11.7. The molecule has 3 aromatic rings. The number of amides is 3. The molecular formula is C30H39N9O9. The van der Waals surface area contributed by atoms with Gasteiger partial charge in [-0.05, 0) is 19.3 Å². The van der Waals surface area contributed by atoms with E-state index in [-0.39, 0.29) is 34.2 Å². The highest BCUT2D eigenvalue weighted by Crippen LogP contribution is 2.03. The van der Waals surface area contributed by atoms with Crippen LogP contribution in [0.3, 0.4) is 0 Å². The topological polar surface area (TPSA) is 277 Å². The Bertz CT molecular complexity index is 1540. The summed E-state index contributed by atoms with van der Waals surface area (Å²) in [7, 11) is 0. The van der Waals surface area contributed by atoms with Crippen LogP contribution in [0.25, 0.3) is 0 Å². The summed E-state index contributed by atoms with van der Waals surface area (Å²) in [5, 5.41) is 34.2. The van der Waals surface area contributed by atoms with E-state index in [9.17, 15) is 28.8 Å². The van der Waals surface area contributed by atoms with Gasteiger partial charge in [0, 0.05) is 56.8 Å². The molecule has 0 aliphatic carbocycles. The first-order valence-corrected chi connectivity index (χ1v) is 15.0. The summed E-state index contributed by atoms with van der Waals surface area (Å²) in [6, 6.07) is 0. The van der Waals surface area contributed by atoms with Crippen LogP contribution < -0.4 is 16.0 Å². The number of carbonyl (C=O) groups excluding carboxylic acids is 3. The van der Waals surface area contributed by atoms with Gasteiger partial charge in [-0.3, -0.25) is 14.4 Å². The summed E-state index contributed by atoms with van der Waals surface area (Å²) < 4.78 is 0. The zero-order valence-electron chi connectivity index (χ0n) is 26.8. The molecule has 0 aliphatic heterocycles. The summed E-state index contributed by atoms with van der Waals surface area (Å²) in [5.41, 5.74) is -1.41. The summed E-state index contributed by atoms with van der Waals surface area (Å²) >= 11 is 0. The van der Waals surface area contributed by atoms with Crippen LogP contribution in [0.2, 0.25) is 0 Å². The summed E-state index contributed by atoms with van der Waals surface area (Å²) in [6.45, 7) is 7.46. The molecule has 0 aromatic carbocycles. The van der Waals surface area contributed by atoms with Crippen LogP contribution in [0.1, 0.15) is 122 Å². The SMILES string of the molecule is CCCCCNC(=O)c1nccnc1C(=O)O.CCCCNC(=O)c1nccnc1C(=O)O.CCCNC(=O)c1nccnc1C(=O)O. The summed E-state index contributed by atoms with van der Waals surface area (Å²) in [5.74, 6) is -5.27. The smallest absolute Gasteiger partial charge is 0.356 e. The Morgan fingerprint density at radius 2 is 0.729 bits per heavy atom. The number of carboxylic acids is 3. The Morgan fingerprint density at radius 3 is 1.02 bits per heavy atom. The molecular weight excluding hydrogens is 630 g/mol. The third-order valence-corrected chi connectivity index (χ3v) is 5.77. The van der Waals surface area contributed by atoms with Crippen LogP contribution in [0, 0.1) is 0 Å². The predicted molar refractivity (Wildman–Crippen MR) is 169 cm³/mol. The van der Waals surface area contributed by atoms with E-state index in [0.717, 1.165) is 38.5 Å². The van der Waals surface area contributed by atoms with Gasteiger partial charge in [-0.15, -0.1) is 0 Å². The average molecular weight is 670 g/mol. The van der Waals surface area contributed by atoms with E-state index < -0.39 is 35.6 Å². The van der Waals surface area contributed by atoms with Gasteiger partial charge in [0.1, 0.15) is 0 Å². The number of nitrogens with one attached hydrogen (secondary N) is 3. The molecule has 0 aliphatic rings. The Labute approximate surface area is 275 Å². The van der Waals surface area contributed by atoms with E-state index in [1.807, 2.05) is 13.8 Å². The number of hydrogen-bond donors (Lipinski definition) is 6. The lowest BCUT2D eigenvalue weighted by Crippen LogP contribution is -2.27. The minimum atomic E-state index is -1.26. The average Bonchev–Trinajstić information content (AvgIpc) is 3.09. The molecule has 0 fully saturated rings. The van der Waals surface area contributed by atoms with Crippen molar-refractivity contribution >= 4 is 35.6 Å². The summed E-state index contributed by atoms with van der Waals surface area (Å²) in [4.78, 5) is 89.0. The van der Waals surface area contributed by atoms with E-state index >= 15 is 0 Å². The van der Waals surface area contributed by atoms with Gasteiger partial charge in [0.2, 0.25) is 0 Å². The van der Waals surface area contributed by atoms with Crippen molar-refractivity contribution in [1.82, 2.24) is 45.9 Å². The van der Waals surface area contributed by atoms with E-state index in [0.29, 0.717) is 19.6 Å². The van der Waals surface area contributed by atoms with Crippen molar-refractivity contribution in [3.8, 4) is 0 Å². The number of aromatic carboxylic acids is 3. The first-order chi connectivity index (χ1) is 23.0. The highest BCUT2D eigenvalue weighted by molar-refractivity contribution is 6.03. The second kappa shape index (κ2) is 22.5. The molecule has 3 heterocycles. The minimum Gasteiger partial charge on any atom is -0.476 e. The number of carbonyl (C=O) groups is 6. The highest BCUT2D eigenvalue weighted by Gasteiger charge is 2.20. The van der Waals surface area contributed by atoms with Gasteiger partial charge < -0.3 is 31.3 Å². The quantitative estimate of drug-likeness (QED) is 0.126. The summed E-state index contributed by atoms with van der Waals surface area (Å²) in [6.07, 6.45) is 13.1. The largest absolute Gasteiger partial charge is 0.476 e. The fourth-order valence-electron chi connectivity index (χ4n) is 3.43. The molecule has 258 valence electrons. The molecule has 6 N–H and O–H groups in total. The molecule has 3 amide bonds. The second-order valence-electron chi connectivity index (χ2n) is 9.50. The van der Waals surface area contributed by atoms with Crippen molar-refractivity contribution in [2.45, 2.75) is 59.3 Å². The van der Waals surface area contributed by atoms with Crippen LogP contribution >= 0.6 is 0 Å². The maximum Gasteiger partial charge on any atom is 0.356 e. The number of carboxylic acid groups (broad SMARTS) is 3. The fourth-order valence-corrected chi connectivity index (χ4v) is 3.43. The van der Waals surface area contributed by atoms with Gasteiger partial charge in [0.15, 0.2) is 34.2 Å². The standard InChI is InChI=1S/C11H15N3O3.C10H13N3O3.C9H11N3O3/c1-2-3-4-5-14-10(15)8-9(11(16)17)13-7-6-12-8;1-2-3-4-13-9(14)7-8(10(15)16)12-6-5-11-7;1-2-3-12-8(13)6-7(9(14)15)11-5-4-10-6/h6-7H,2-5H2,1H3,(H,14,15)(H,16,17);5-6H,2-4H2,1H3,(H,13,14)(H,15,16);4-5H,2-3H2,1H3,(H,12,13)(H,14,15). The Balaban J connectivity index is 0.000000361. The fraction of sp³-hybridized carbons (Fsp3) is 0.400. The lowest BCUT2D eigenvalue weighted by molar-refractivity contribution is 0.0675. The highest BCUT2D eigenvalue weighted by atomic mass is 16.4. The lowest BCUT2D eigenvalue weighted by atomic mass is 10.2.